The highest BCUT2D eigenvalue weighted by molar-refractivity contribution is 6.43. The predicted molar refractivity (Wildman–Crippen MR) is 78.9 cm³/mol. The number of carbonyl (C=O) groups excluding carboxylic acids is 1. The minimum absolute atomic E-state index is 0.235. The third-order valence-electron chi connectivity index (χ3n) is 3.45. The van der Waals surface area contributed by atoms with Gasteiger partial charge in [-0.05, 0) is 12.5 Å². The van der Waals surface area contributed by atoms with Crippen molar-refractivity contribution in [3.05, 3.63) is 27.7 Å². The monoisotopic (exact) mass is 331 g/mol. The lowest BCUT2D eigenvalue weighted by Gasteiger charge is -2.28. The minimum Gasteiger partial charge on any atom is -0.492 e. The Bertz CT molecular complexity index is 576. The predicted octanol–water partition coefficient (Wildman–Crippen LogP) is 3.04. The van der Waals surface area contributed by atoms with Crippen LogP contribution in [0.1, 0.15) is 31.4 Å². The molecule has 114 valence electrons. The van der Waals surface area contributed by atoms with E-state index in [1.54, 1.807) is 19.1 Å². The number of benzene rings is 1. The Balaban J connectivity index is 2.23. The molecule has 2 rings (SSSR count). The number of fused-ring (bicyclic) bond motifs is 1. The van der Waals surface area contributed by atoms with Crippen LogP contribution in [0.4, 0.5) is 0 Å². The summed E-state index contributed by atoms with van der Waals surface area (Å²) in [4.78, 5) is 23.1. The lowest BCUT2D eigenvalue weighted by atomic mass is 9.98. The summed E-state index contributed by atoms with van der Waals surface area (Å²) >= 11 is 12.0. The van der Waals surface area contributed by atoms with E-state index in [0.717, 1.165) is 0 Å². The van der Waals surface area contributed by atoms with Crippen LogP contribution in [-0.4, -0.2) is 23.6 Å². The van der Waals surface area contributed by atoms with Crippen molar-refractivity contribution in [2.45, 2.75) is 25.8 Å². The van der Waals surface area contributed by atoms with E-state index >= 15 is 0 Å². The van der Waals surface area contributed by atoms with E-state index in [9.17, 15) is 9.59 Å². The number of halogens is 2. The zero-order valence-corrected chi connectivity index (χ0v) is 12.9. The van der Waals surface area contributed by atoms with Crippen LogP contribution < -0.4 is 10.1 Å². The van der Waals surface area contributed by atoms with Gasteiger partial charge >= 0.3 is 5.97 Å². The molecule has 0 bridgehead atoms. The molecule has 0 saturated heterocycles. The molecule has 7 heteroatoms. The molecule has 1 aliphatic heterocycles. The summed E-state index contributed by atoms with van der Waals surface area (Å²) in [5.41, 5.74) is 0.712. The molecule has 1 aliphatic rings. The average Bonchev–Trinajstić information content (AvgIpc) is 2.43. The molecule has 5 nitrogen and oxygen atoms in total. The van der Waals surface area contributed by atoms with Crippen LogP contribution in [0.5, 0.6) is 5.75 Å². The largest absolute Gasteiger partial charge is 0.492 e. The fraction of sp³-hybridized carbons (Fsp3) is 0.429. The van der Waals surface area contributed by atoms with Gasteiger partial charge in [0.25, 0.3) is 0 Å². The molecule has 0 aliphatic carbocycles. The summed E-state index contributed by atoms with van der Waals surface area (Å²) in [5, 5.41) is 12.5. The van der Waals surface area contributed by atoms with Crippen molar-refractivity contribution in [1.82, 2.24) is 5.32 Å². The maximum Gasteiger partial charge on any atom is 0.316 e. The van der Waals surface area contributed by atoms with Crippen LogP contribution in [0.25, 0.3) is 0 Å². The third kappa shape index (κ3) is 3.24. The first-order chi connectivity index (χ1) is 9.95. The quantitative estimate of drug-likeness (QED) is 0.831. The molecule has 1 aromatic rings. The van der Waals surface area contributed by atoms with Gasteiger partial charge in [0.2, 0.25) is 5.91 Å². The fourth-order valence-corrected chi connectivity index (χ4v) is 2.67. The van der Waals surface area contributed by atoms with Gasteiger partial charge in [0.05, 0.1) is 17.7 Å². The molecule has 0 saturated carbocycles. The van der Waals surface area contributed by atoms with Gasteiger partial charge in [-0.2, -0.15) is 0 Å². The summed E-state index contributed by atoms with van der Waals surface area (Å²) in [6.07, 6.45) is 0.783. The Hall–Kier alpha value is -1.46. The first kappa shape index (κ1) is 15.9. The third-order valence-corrected chi connectivity index (χ3v) is 4.24. The number of rotatable bonds is 4. The van der Waals surface area contributed by atoms with Crippen molar-refractivity contribution < 1.29 is 19.4 Å². The van der Waals surface area contributed by atoms with Gasteiger partial charge in [-0.1, -0.05) is 36.2 Å². The highest BCUT2D eigenvalue weighted by atomic mass is 35.5. The van der Waals surface area contributed by atoms with Gasteiger partial charge in [0.15, 0.2) is 0 Å². The van der Waals surface area contributed by atoms with Crippen molar-refractivity contribution >= 4 is 35.1 Å². The number of hydrogen-bond acceptors (Lipinski definition) is 3. The van der Waals surface area contributed by atoms with E-state index in [1.165, 1.54) is 0 Å². The number of aliphatic carboxylic acids is 1. The molecular formula is C14H15Cl2NO4. The highest BCUT2D eigenvalue weighted by Crippen LogP contribution is 2.41. The lowest BCUT2D eigenvalue weighted by Crippen LogP contribution is -2.39. The Morgan fingerprint density at radius 3 is 2.81 bits per heavy atom. The molecule has 21 heavy (non-hydrogen) atoms. The summed E-state index contributed by atoms with van der Waals surface area (Å²) in [5.74, 6) is -2.24. The molecule has 0 spiro atoms. The molecule has 1 aromatic carbocycles. The van der Waals surface area contributed by atoms with Gasteiger partial charge in [-0.25, -0.2) is 0 Å². The second-order valence-electron chi connectivity index (χ2n) is 4.78. The minimum atomic E-state index is -1.13. The van der Waals surface area contributed by atoms with Gasteiger partial charge in [-0.3, -0.25) is 9.59 Å². The number of carbonyl (C=O) groups is 2. The van der Waals surface area contributed by atoms with E-state index in [-0.39, 0.29) is 12.5 Å². The van der Waals surface area contributed by atoms with Crippen LogP contribution in [-0.2, 0) is 9.59 Å². The maximum absolute atomic E-state index is 12.1. The van der Waals surface area contributed by atoms with Crippen molar-refractivity contribution in [1.29, 1.82) is 0 Å². The molecule has 0 radical (unpaired) electrons. The summed E-state index contributed by atoms with van der Waals surface area (Å²) in [7, 11) is 0. The molecular weight excluding hydrogens is 317 g/mol. The summed E-state index contributed by atoms with van der Waals surface area (Å²) < 4.78 is 5.50. The highest BCUT2D eigenvalue weighted by Gasteiger charge is 2.30. The Morgan fingerprint density at radius 2 is 2.19 bits per heavy atom. The SMILES string of the molecule is CCC(C(=O)O)C(=O)NC1CCOc2c1ccc(Cl)c2Cl. The smallest absolute Gasteiger partial charge is 0.316 e. The number of carboxylic acids is 1. The Morgan fingerprint density at radius 1 is 1.48 bits per heavy atom. The number of ether oxygens (including phenoxy) is 1. The maximum atomic E-state index is 12.1. The molecule has 2 unspecified atom stereocenters. The zero-order valence-electron chi connectivity index (χ0n) is 11.4. The van der Waals surface area contributed by atoms with Crippen molar-refractivity contribution in [2.75, 3.05) is 6.61 Å². The number of amides is 1. The van der Waals surface area contributed by atoms with E-state index in [2.05, 4.69) is 5.32 Å². The van der Waals surface area contributed by atoms with Gasteiger partial charge < -0.3 is 15.2 Å². The molecule has 1 heterocycles. The lowest BCUT2D eigenvalue weighted by molar-refractivity contribution is -0.147. The Labute approximate surface area is 132 Å². The van der Waals surface area contributed by atoms with E-state index in [0.29, 0.717) is 34.4 Å². The first-order valence-electron chi connectivity index (χ1n) is 6.59. The van der Waals surface area contributed by atoms with Crippen LogP contribution in [0, 0.1) is 5.92 Å². The number of carboxylic acid groups (broad SMARTS) is 1. The van der Waals surface area contributed by atoms with E-state index in [4.69, 9.17) is 33.0 Å². The standard InChI is InChI=1S/C14H15Cl2NO4/c1-2-7(14(19)20)13(18)17-10-5-6-21-12-8(10)3-4-9(15)11(12)16/h3-4,7,10H,2,5-6H2,1H3,(H,17,18)(H,19,20). The van der Waals surface area contributed by atoms with Crippen molar-refractivity contribution in [2.24, 2.45) is 5.92 Å². The number of hydrogen-bond donors (Lipinski definition) is 2. The fourth-order valence-electron chi connectivity index (χ4n) is 2.30. The van der Waals surface area contributed by atoms with Gasteiger partial charge in [-0.15, -0.1) is 0 Å². The van der Waals surface area contributed by atoms with E-state index < -0.39 is 17.8 Å². The topological polar surface area (TPSA) is 75.6 Å². The van der Waals surface area contributed by atoms with Crippen LogP contribution in [0.3, 0.4) is 0 Å². The van der Waals surface area contributed by atoms with Gasteiger partial charge in [0, 0.05) is 12.0 Å². The zero-order chi connectivity index (χ0) is 15.6. The number of nitrogens with one attached hydrogen (secondary N) is 1. The van der Waals surface area contributed by atoms with Crippen molar-refractivity contribution in [3.8, 4) is 5.75 Å². The van der Waals surface area contributed by atoms with E-state index in [1.807, 2.05) is 0 Å². The average molecular weight is 332 g/mol. The van der Waals surface area contributed by atoms with Crippen LogP contribution in [0.15, 0.2) is 12.1 Å². The Kier molecular flexibility index (Phi) is 4.96. The molecule has 1 amide bonds. The van der Waals surface area contributed by atoms with Crippen LogP contribution >= 0.6 is 23.2 Å². The van der Waals surface area contributed by atoms with Crippen molar-refractivity contribution in [3.63, 3.8) is 0 Å². The molecule has 2 atom stereocenters. The second-order valence-corrected chi connectivity index (χ2v) is 5.56. The molecule has 2 N–H and O–H groups in total. The second kappa shape index (κ2) is 6.54. The molecule has 0 aromatic heterocycles. The summed E-state index contributed by atoms with van der Waals surface area (Å²) in [6.45, 7) is 2.04. The summed E-state index contributed by atoms with van der Waals surface area (Å²) in [6, 6.07) is 3.03. The first-order valence-corrected chi connectivity index (χ1v) is 7.35. The molecule has 0 fully saturated rings. The van der Waals surface area contributed by atoms with Crippen LogP contribution in [0.2, 0.25) is 10.0 Å². The normalized spacial score (nSPS) is 18.3. The van der Waals surface area contributed by atoms with Gasteiger partial charge in [0.1, 0.15) is 16.7 Å².